The average molecular weight is 402 g/mol. The maximum Gasteiger partial charge on any atom is 0.239 e. The van der Waals surface area contributed by atoms with E-state index in [-0.39, 0.29) is 24.3 Å². The van der Waals surface area contributed by atoms with Crippen LogP contribution in [0.2, 0.25) is 0 Å². The van der Waals surface area contributed by atoms with Crippen molar-refractivity contribution >= 4 is 23.5 Å². The summed E-state index contributed by atoms with van der Waals surface area (Å²) in [5.41, 5.74) is 12.4. The van der Waals surface area contributed by atoms with Crippen molar-refractivity contribution in [2.75, 3.05) is 26.2 Å². The molecule has 2 amide bonds. The van der Waals surface area contributed by atoms with E-state index in [1.54, 1.807) is 0 Å². The van der Waals surface area contributed by atoms with Gasteiger partial charge in [-0.3, -0.25) is 9.59 Å². The lowest BCUT2D eigenvalue weighted by molar-refractivity contribution is -0.126. The van der Waals surface area contributed by atoms with Gasteiger partial charge >= 0.3 is 0 Å². The fourth-order valence-corrected chi connectivity index (χ4v) is 2.54. The van der Waals surface area contributed by atoms with E-state index in [2.05, 4.69) is 27.0 Å². The Kier molecular flexibility index (Phi) is 12.3. The topological polar surface area (TPSA) is 158 Å². The van der Waals surface area contributed by atoms with E-state index < -0.39 is 0 Å². The van der Waals surface area contributed by atoms with Crippen LogP contribution in [0.1, 0.15) is 37.7 Å². The van der Waals surface area contributed by atoms with E-state index in [0.29, 0.717) is 38.0 Å². The second-order valence-electron chi connectivity index (χ2n) is 6.55. The summed E-state index contributed by atoms with van der Waals surface area (Å²) in [4.78, 5) is 27.5. The van der Waals surface area contributed by atoms with Crippen molar-refractivity contribution in [2.24, 2.45) is 16.5 Å². The van der Waals surface area contributed by atoms with Gasteiger partial charge in [0.25, 0.3) is 0 Å². The number of carbonyl (C=O) groups is 2. The van der Waals surface area contributed by atoms with Crippen molar-refractivity contribution < 1.29 is 9.59 Å². The van der Waals surface area contributed by atoms with Crippen LogP contribution in [0.5, 0.6) is 0 Å². The molecule has 1 aromatic rings. The molecule has 0 saturated heterocycles. The van der Waals surface area contributed by atoms with Crippen LogP contribution in [0.4, 0.5) is 5.69 Å². The minimum absolute atomic E-state index is 0.00748. The molecule has 0 saturated carbocycles. The van der Waals surface area contributed by atoms with Gasteiger partial charge in [0.15, 0.2) is 5.96 Å². The summed E-state index contributed by atoms with van der Waals surface area (Å²) >= 11 is 0. The summed E-state index contributed by atoms with van der Waals surface area (Å²) in [5.74, 6) is -0.312. The summed E-state index contributed by atoms with van der Waals surface area (Å²) in [6.07, 6.45) is 4.07. The number of hydrogen-bond acceptors (Lipinski definition) is 5. The molecule has 1 aromatic carbocycles. The predicted molar refractivity (Wildman–Crippen MR) is 113 cm³/mol. The van der Waals surface area contributed by atoms with Crippen LogP contribution in [-0.4, -0.2) is 44.0 Å². The molecular formula is C20H31N7O2. The first-order chi connectivity index (χ1) is 14.0. The van der Waals surface area contributed by atoms with Crippen molar-refractivity contribution in [1.82, 2.24) is 16.0 Å². The lowest BCUT2D eigenvalue weighted by Crippen LogP contribution is -2.37. The second kappa shape index (κ2) is 14.9. The monoisotopic (exact) mass is 401 g/mol. The third-order valence-electron chi connectivity index (χ3n) is 4.03. The van der Waals surface area contributed by atoms with Gasteiger partial charge in [-0.05, 0) is 49.9 Å². The normalized spacial score (nSPS) is 10.0. The molecule has 7 N–H and O–H groups in total. The smallest absolute Gasteiger partial charge is 0.239 e. The molecule has 0 aliphatic carbocycles. The molecular weight excluding hydrogens is 370 g/mol. The lowest BCUT2D eigenvalue weighted by Gasteiger charge is -2.07. The molecule has 0 heterocycles. The van der Waals surface area contributed by atoms with Crippen molar-refractivity contribution in [1.29, 1.82) is 5.26 Å². The molecule has 0 radical (unpaired) electrons. The van der Waals surface area contributed by atoms with Crippen LogP contribution in [0.15, 0.2) is 29.3 Å². The second-order valence-corrected chi connectivity index (χ2v) is 6.55. The summed E-state index contributed by atoms with van der Waals surface area (Å²) in [6.45, 7) is 2.08. The van der Waals surface area contributed by atoms with Gasteiger partial charge in [0, 0.05) is 25.9 Å². The number of guanidine groups is 1. The first kappa shape index (κ1) is 23.9. The number of nitrogens with zero attached hydrogens (tertiary/aromatic N) is 2. The SMILES string of the molecule is N#CCCNCCCCNC(=O)CNC(=O)CCCc1ccc(N=C(N)N)cc1. The van der Waals surface area contributed by atoms with E-state index in [1.807, 2.05) is 24.3 Å². The Labute approximate surface area is 171 Å². The molecule has 0 spiro atoms. The number of aryl methyl sites for hydroxylation is 1. The van der Waals surface area contributed by atoms with Gasteiger partial charge in [-0.25, -0.2) is 4.99 Å². The zero-order chi connectivity index (χ0) is 21.3. The third kappa shape index (κ3) is 12.8. The Morgan fingerprint density at radius 1 is 0.966 bits per heavy atom. The van der Waals surface area contributed by atoms with Crippen molar-refractivity contribution in [2.45, 2.75) is 38.5 Å². The molecule has 0 aromatic heterocycles. The molecule has 0 aliphatic rings. The first-order valence-corrected chi connectivity index (χ1v) is 9.81. The summed E-state index contributed by atoms with van der Waals surface area (Å²) < 4.78 is 0. The van der Waals surface area contributed by atoms with Gasteiger partial charge in [0.2, 0.25) is 11.8 Å². The maximum absolute atomic E-state index is 11.8. The Bertz CT molecular complexity index is 692. The zero-order valence-corrected chi connectivity index (χ0v) is 16.7. The first-order valence-electron chi connectivity index (χ1n) is 9.81. The standard InChI is InChI=1S/C20H31N7O2/c21-11-4-13-24-12-1-2-14-25-19(29)15-26-18(28)6-3-5-16-7-9-17(10-8-16)27-20(22)23/h7-10,24H,1-6,12-15H2,(H,25,29)(H,26,28)(H4,22,23,27). The van der Waals surface area contributed by atoms with Crippen molar-refractivity contribution in [3.05, 3.63) is 29.8 Å². The van der Waals surface area contributed by atoms with E-state index in [9.17, 15) is 9.59 Å². The highest BCUT2D eigenvalue weighted by Gasteiger charge is 2.05. The quantitative estimate of drug-likeness (QED) is 0.173. The van der Waals surface area contributed by atoms with Crippen molar-refractivity contribution in [3.8, 4) is 6.07 Å². The molecule has 9 nitrogen and oxygen atoms in total. The number of nitrogens with one attached hydrogen (secondary N) is 3. The highest BCUT2D eigenvalue weighted by atomic mass is 16.2. The number of unbranched alkanes of at least 4 members (excludes halogenated alkanes) is 1. The van der Waals surface area contributed by atoms with E-state index in [1.165, 1.54) is 0 Å². The van der Waals surface area contributed by atoms with Crippen LogP contribution < -0.4 is 27.4 Å². The van der Waals surface area contributed by atoms with Crippen molar-refractivity contribution in [3.63, 3.8) is 0 Å². The molecule has 158 valence electrons. The summed E-state index contributed by atoms with van der Waals surface area (Å²) in [5, 5.41) is 17.0. The third-order valence-corrected chi connectivity index (χ3v) is 4.03. The molecule has 0 bridgehead atoms. The average Bonchev–Trinajstić information content (AvgIpc) is 2.69. The number of benzene rings is 1. The number of carbonyl (C=O) groups excluding carboxylic acids is 2. The van der Waals surface area contributed by atoms with Gasteiger partial charge < -0.3 is 27.4 Å². The fraction of sp³-hybridized carbons (Fsp3) is 0.500. The van der Waals surface area contributed by atoms with Crippen LogP contribution in [-0.2, 0) is 16.0 Å². The molecule has 0 aliphatic heterocycles. The number of nitriles is 1. The largest absolute Gasteiger partial charge is 0.370 e. The minimum atomic E-state index is -0.189. The molecule has 0 atom stereocenters. The van der Waals surface area contributed by atoms with Gasteiger partial charge in [0.1, 0.15) is 0 Å². The van der Waals surface area contributed by atoms with Gasteiger partial charge in [-0.15, -0.1) is 0 Å². The Morgan fingerprint density at radius 3 is 2.38 bits per heavy atom. The van der Waals surface area contributed by atoms with Crippen LogP contribution in [0.3, 0.4) is 0 Å². The van der Waals surface area contributed by atoms with Crippen LogP contribution in [0.25, 0.3) is 0 Å². The van der Waals surface area contributed by atoms with E-state index in [0.717, 1.165) is 31.4 Å². The molecule has 0 unspecified atom stereocenters. The molecule has 1 rings (SSSR count). The minimum Gasteiger partial charge on any atom is -0.370 e. The number of rotatable bonds is 14. The zero-order valence-electron chi connectivity index (χ0n) is 16.7. The Balaban J connectivity index is 2.06. The molecule has 29 heavy (non-hydrogen) atoms. The fourth-order valence-electron chi connectivity index (χ4n) is 2.54. The van der Waals surface area contributed by atoms with E-state index >= 15 is 0 Å². The number of aliphatic imine (C=N–C) groups is 1. The highest BCUT2D eigenvalue weighted by Crippen LogP contribution is 2.14. The Hall–Kier alpha value is -3.12. The van der Waals surface area contributed by atoms with Gasteiger partial charge in [-0.1, -0.05) is 12.1 Å². The summed E-state index contributed by atoms with van der Waals surface area (Å²) in [7, 11) is 0. The number of amides is 2. The van der Waals surface area contributed by atoms with Gasteiger partial charge in [0.05, 0.1) is 18.3 Å². The van der Waals surface area contributed by atoms with Crippen LogP contribution >= 0.6 is 0 Å². The number of nitrogens with two attached hydrogens (primary N) is 2. The van der Waals surface area contributed by atoms with Crippen LogP contribution in [0, 0.1) is 11.3 Å². The lowest BCUT2D eigenvalue weighted by atomic mass is 10.1. The molecule has 9 heteroatoms. The number of hydrogen-bond donors (Lipinski definition) is 5. The Morgan fingerprint density at radius 2 is 1.69 bits per heavy atom. The van der Waals surface area contributed by atoms with E-state index in [4.69, 9.17) is 16.7 Å². The predicted octanol–water partition coefficient (Wildman–Crippen LogP) is 0.430. The summed E-state index contributed by atoms with van der Waals surface area (Å²) in [6, 6.07) is 9.56. The van der Waals surface area contributed by atoms with Gasteiger partial charge in [-0.2, -0.15) is 5.26 Å². The maximum atomic E-state index is 11.8. The molecule has 0 fully saturated rings. The highest BCUT2D eigenvalue weighted by molar-refractivity contribution is 5.84.